The Labute approximate surface area is 213 Å². The second kappa shape index (κ2) is 19.8. The molecule has 34 heavy (non-hydrogen) atoms. The Hall–Kier alpha value is -1.44. The molecule has 1 heterocycles. The van der Waals surface area contributed by atoms with Crippen molar-refractivity contribution < 1.29 is 0 Å². The molecule has 0 spiro atoms. The number of para-hydroxylation sites is 1. The lowest BCUT2D eigenvalue weighted by Crippen LogP contribution is -2.39. The Morgan fingerprint density at radius 2 is 1.00 bits per heavy atom. The summed E-state index contributed by atoms with van der Waals surface area (Å²) in [6.07, 6.45) is 33.2. The van der Waals surface area contributed by atoms with Gasteiger partial charge in [-0.25, -0.2) is 0 Å². The predicted octanol–water partition coefficient (Wildman–Crippen LogP) is 10.4. The number of anilines is 1. The van der Waals surface area contributed by atoms with Crippen LogP contribution in [0.15, 0.2) is 42.7 Å². The van der Waals surface area contributed by atoms with Gasteiger partial charge in [0, 0.05) is 24.6 Å². The van der Waals surface area contributed by atoms with Crippen molar-refractivity contribution in [1.29, 1.82) is 0 Å². The zero-order chi connectivity index (χ0) is 24.1. The lowest BCUT2D eigenvalue weighted by atomic mass is 10.0. The summed E-state index contributed by atoms with van der Waals surface area (Å²) in [6, 6.07) is 11.0. The largest absolute Gasteiger partial charge is 0.356 e. The summed E-state index contributed by atoms with van der Waals surface area (Å²) >= 11 is 0. The molecule has 1 aromatic rings. The van der Waals surface area contributed by atoms with Crippen LogP contribution in [0, 0.1) is 0 Å². The smallest absolute Gasteiger partial charge is 0.105 e. The predicted molar refractivity (Wildman–Crippen MR) is 152 cm³/mol. The van der Waals surface area contributed by atoms with Crippen LogP contribution >= 0.6 is 0 Å². The van der Waals surface area contributed by atoms with Gasteiger partial charge in [-0.2, -0.15) is 0 Å². The molecular weight excluding hydrogens is 412 g/mol. The van der Waals surface area contributed by atoms with Crippen LogP contribution in [0.2, 0.25) is 0 Å². The second-order valence-electron chi connectivity index (χ2n) is 10.6. The maximum atomic E-state index is 2.62. The van der Waals surface area contributed by atoms with E-state index in [2.05, 4.69) is 66.4 Å². The van der Waals surface area contributed by atoms with Crippen LogP contribution in [0.25, 0.3) is 0 Å². The molecule has 0 aliphatic carbocycles. The van der Waals surface area contributed by atoms with Crippen LogP contribution in [-0.4, -0.2) is 17.6 Å². The molecule has 0 amide bonds. The molecule has 0 saturated heterocycles. The van der Waals surface area contributed by atoms with E-state index in [0.29, 0.717) is 6.17 Å². The highest BCUT2D eigenvalue weighted by atomic mass is 15.4. The summed E-state index contributed by atoms with van der Waals surface area (Å²) in [7, 11) is 0. The molecule has 1 aliphatic rings. The number of benzene rings is 1. The van der Waals surface area contributed by atoms with Crippen molar-refractivity contribution in [3.8, 4) is 0 Å². The van der Waals surface area contributed by atoms with E-state index in [1.54, 1.807) is 0 Å². The minimum atomic E-state index is 0.505. The van der Waals surface area contributed by atoms with Crippen molar-refractivity contribution in [3.63, 3.8) is 0 Å². The minimum absolute atomic E-state index is 0.505. The van der Waals surface area contributed by atoms with Crippen molar-refractivity contribution in [3.05, 3.63) is 42.7 Å². The van der Waals surface area contributed by atoms with Crippen molar-refractivity contribution in [2.24, 2.45) is 0 Å². The van der Waals surface area contributed by atoms with Gasteiger partial charge in [-0.3, -0.25) is 0 Å². The molecule has 0 N–H and O–H groups in total. The van der Waals surface area contributed by atoms with Crippen molar-refractivity contribution in [2.75, 3.05) is 11.4 Å². The topological polar surface area (TPSA) is 6.48 Å². The molecule has 1 unspecified atom stereocenters. The van der Waals surface area contributed by atoms with E-state index in [1.807, 2.05) is 0 Å². The molecule has 0 bridgehead atoms. The van der Waals surface area contributed by atoms with Crippen LogP contribution in [0.4, 0.5) is 5.69 Å². The van der Waals surface area contributed by atoms with E-state index < -0.39 is 0 Å². The van der Waals surface area contributed by atoms with E-state index >= 15 is 0 Å². The monoisotopic (exact) mass is 468 g/mol. The molecule has 1 aliphatic heterocycles. The summed E-state index contributed by atoms with van der Waals surface area (Å²) in [4.78, 5) is 5.14. The van der Waals surface area contributed by atoms with Crippen LogP contribution in [0.1, 0.15) is 142 Å². The Morgan fingerprint density at radius 1 is 0.529 bits per heavy atom. The second-order valence-corrected chi connectivity index (χ2v) is 10.6. The maximum absolute atomic E-state index is 2.62. The Bertz CT molecular complexity index is 596. The lowest BCUT2D eigenvalue weighted by Gasteiger charge is -2.33. The van der Waals surface area contributed by atoms with Crippen LogP contribution in [0.3, 0.4) is 0 Å². The summed E-state index contributed by atoms with van der Waals surface area (Å²) in [5.74, 6) is 0. The summed E-state index contributed by atoms with van der Waals surface area (Å²) in [5.41, 5.74) is 1.34. The molecule has 0 aromatic heterocycles. The fourth-order valence-electron chi connectivity index (χ4n) is 5.32. The first kappa shape index (κ1) is 28.8. The number of hydrogen-bond donors (Lipinski definition) is 0. The first-order valence-corrected chi connectivity index (χ1v) is 15.1. The number of unbranched alkanes of at least 4 members (excludes halogenated alkanes) is 17. The average Bonchev–Trinajstić information content (AvgIpc) is 3.27. The fourth-order valence-corrected chi connectivity index (χ4v) is 5.32. The lowest BCUT2D eigenvalue weighted by molar-refractivity contribution is 0.273. The highest BCUT2D eigenvalue weighted by molar-refractivity contribution is 5.51. The minimum Gasteiger partial charge on any atom is -0.356 e. The van der Waals surface area contributed by atoms with Crippen LogP contribution < -0.4 is 4.90 Å². The molecule has 194 valence electrons. The zero-order valence-electron chi connectivity index (χ0n) is 22.9. The first-order valence-electron chi connectivity index (χ1n) is 15.1. The van der Waals surface area contributed by atoms with E-state index in [1.165, 1.54) is 141 Å². The van der Waals surface area contributed by atoms with Gasteiger partial charge < -0.3 is 9.80 Å². The first-order chi connectivity index (χ1) is 16.9. The van der Waals surface area contributed by atoms with Gasteiger partial charge in [-0.15, -0.1) is 0 Å². The van der Waals surface area contributed by atoms with Gasteiger partial charge in [0.1, 0.15) is 6.17 Å². The fraction of sp³-hybridized carbons (Fsp3) is 0.750. The Morgan fingerprint density at radius 3 is 1.53 bits per heavy atom. The summed E-state index contributed by atoms with van der Waals surface area (Å²) in [5, 5.41) is 0. The van der Waals surface area contributed by atoms with Gasteiger partial charge in [0.05, 0.1) is 0 Å². The number of rotatable bonds is 22. The molecule has 0 radical (unpaired) electrons. The highest BCUT2D eigenvalue weighted by Gasteiger charge is 2.26. The van der Waals surface area contributed by atoms with Crippen LogP contribution in [0.5, 0.6) is 0 Å². The van der Waals surface area contributed by atoms with Gasteiger partial charge in [0.2, 0.25) is 0 Å². The van der Waals surface area contributed by atoms with E-state index in [0.717, 1.165) is 0 Å². The normalized spacial score (nSPS) is 15.5. The summed E-state index contributed by atoms with van der Waals surface area (Å²) in [6.45, 7) is 5.81. The van der Waals surface area contributed by atoms with Crippen molar-refractivity contribution in [1.82, 2.24) is 4.90 Å². The SMILES string of the molecule is CCCCCCCCCCCCCCC1N(CCCCCCCCC)C=CN1c1ccccc1. The molecule has 0 fully saturated rings. The average molecular weight is 469 g/mol. The maximum Gasteiger partial charge on any atom is 0.105 e. The Kier molecular flexibility index (Phi) is 16.8. The molecule has 2 heteroatoms. The van der Waals surface area contributed by atoms with Gasteiger partial charge in [0.15, 0.2) is 0 Å². The Balaban J connectivity index is 1.63. The molecule has 1 aromatic carbocycles. The molecular formula is C32H56N2. The molecule has 1 atom stereocenters. The highest BCUT2D eigenvalue weighted by Crippen LogP contribution is 2.28. The van der Waals surface area contributed by atoms with Crippen molar-refractivity contribution in [2.45, 2.75) is 148 Å². The van der Waals surface area contributed by atoms with E-state index in [-0.39, 0.29) is 0 Å². The third-order valence-corrected chi connectivity index (χ3v) is 7.51. The van der Waals surface area contributed by atoms with E-state index in [9.17, 15) is 0 Å². The molecule has 0 saturated carbocycles. The number of nitrogens with zero attached hydrogens (tertiary/aromatic N) is 2. The molecule has 2 nitrogen and oxygen atoms in total. The van der Waals surface area contributed by atoms with Gasteiger partial charge in [-0.1, -0.05) is 141 Å². The van der Waals surface area contributed by atoms with Crippen molar-refractivity contribution >= 4 is 5.69 Å². The third-order valence-electron chi connectivity index (χ3n) is 7.51. The standard InChI is InChI=1S/C32H56N2/c1-3-5-7-9-11-12-13-14-15-16-18-23-27-32-33(28-24-19-17-10-8-6-4-2)29-30-34(32)31-25-21-20-22-26-31/h20-22,25-26,29-30,32H,3-19,23-24,27-28H2,1-2H3. The zero-order valence-corrected chi connectivity index (χ0v) is 22.9. The van der Waals surface area contributed by atoms with Gasteiger partial charge in [0.25, 0.3) is 0 Å². The third kappa shape index (κ3) is 12.3. The van der Waals surface area contributed by atoms with Crippen LogP contribution in [-0.2, 0) is 0 Å². The quantitative estimate of drug-likeness (QED) is 0.156. The van der Waals surface area contributed by atoms with Gasteiger partial charge in [-0.05, 0) is 31.4 Å². The van der Waals surface area contributed by atoms with E-state index in [4.69, 9.17) is 0 Å². The molecule has 2 rings (SSSR count). The number of hydrogen-bond acceptors (Lipinski definition) is 2. The van der Waals surface area contributed by atoms with Gasteiger partial charge >= 0.3 is 0 Å². The summed E-state index contributed by atoms with van der Waals surface area (Å²) < 4.78 is 0.